The zero-order chi connectivity index (χ0) is 11.5. The number of hydrogen-bond donors (Lipinski definition) is 1. The van der Waals surface area contributed by atoms with Crippen molar-refractivity contribution in [2.24, 2.45) is 0 Å². The third-order valence-electron chi connectivity index (χ3n) is 1.79. The van der Waals surface area contributed by atoms with E-state index in [-0.39, 0.29) is 0 Å². The van der Waals surface area contributed by atoms with Gasteiger partial charge in [-0.15, -0.1) is 0 Å². The standard InChI is InChI=1S/C9H8BrClN4O/c1-5-14-8(15-16-5)4-13-9-7(11)2-6(10)3-12-9/h2-3H,4H2,1H3,(H,12,13). The summed E-state index contributed by atoms with van der Waals surface area (Å²) in [5, 5.41) is 7.31. The van der Waals surface area contributed by atoms with Crippen molar-refractivity contribution in [1.29, 1.82) is 0 Å². The minimum atomic E-state index is 0.422. The summed E-state index contributed by atoms with van der Waals surface area (Å²) in [5.41, 5.74) is 0. The van der Waals surface area contributed by atoms with E-state index in [9.17, 15) is 0 Å². The number of anilines is 1. The highest BCUT2D eigenvalue weighted by molar-refractivity contribution is 9.10. The summed E-state index contributed by atoms with van der Waals surface area (Å²) in [7, 11) is 0. The summed E-state index contributed by atoms with van der Waals surface area (Å²) in [6.07, 6.45) is 1.66. The molecule has 0 fully saturated rings. The lowest BCUT2D eigenvalue weighted by Gasteiger charge is -2.04. The molecule has 0 amide bonds. The van der Waals surface area contributed by atoms with Crippen LogP contribution in [0.3, 0.4) is 0 Å². The number of pyridine rings is 1. The maximum atomic E-state index is 5.98. The van der Waals surface area contributed by atoms with Crippen molar-refractivity contribution in [2.45, 2.75) is 13.5 Å². The highest BCUT2D eigenvalue weighted by atomic mass is 79.9. The highest BCUT2D eigenvalue weighted by Crippen LogP contribution is 2.22. The molecule has 2 heterocycles. The lowest BCUT2D eigenvalue weighted by molar-refractivity contribution is 0.388. The largest absolute Gasteiger partial charge is 0.361 e. The summed E-state index contributed by atoms with van der Waals surface area (Å²) in [6, 6.07) is 1.76. The van der Waals surface area contributed by atoms with E-state index in [0.29, 0.717) is 29.1 Å². The maximum Gasteiger partial charge on any atom is 0.223 e. The number of hydrogen-bond acceptors (Lipinski definition) is 5. The highest BCUT2D eigenvalue weighted by Gasteiger charge is 2.05. The van der Waals surface area contributed by atoms with Gasteiger partial charge in [0, 0.05) is 17.6 Å². The molecule has 2 aromatic heterocycles. The van der Waals surface area contributed by atoms with Crippen molar-refractivity contribution in [3.8, 4) is 0 Å². The molecular weight excluding hydrogens is 295 g/mol. The van der Waals surface area contributed by atoms with Gasteiger partial charge >= 0.3 is 0 Å². The smallest absolute Gasteiger partial charge is 0.223 e. The van der Waals surface area contributed by atoms with Crippen molar-refractivity contribution in [3.05, 3.63) is 33.5 Å². The molecule has 84 valence electrons. The zero-order valence-corrected chi connectivity index (χ0v) is 10.7. The normalized spacial score (nSPS) is 10.4. The molecule has 5 nitrogen and oxygen atoms in total. The fourth-order valence-electron chi connectivity index (χ4n) is 1.12. The Hall–Kier alpha value is -1.14. The van der Waals surface area contributed by atoms with Gasteiger partial charge in [-0.1, -0.05) is 16.8 Å². The van der Waals surface area contributed by atoms with E-state index in [4.69, 9.17) is 16.1 Å². The summed E-state index contributed by atoms with van der Waals surface area (Å²) >= 11 is 9.26. The van der Waals surface area contributed by atoms with Gasteiger partial charge in [0.25, 0.3) is 0 Å². The van der Waals surface area contributed by atoms with Gasteiger partial charge in [0.1, 0.15) is 5.82 Å². The van der Waals surface area contributed by atoms with Crippen LogP contribution in [0.15, 0.2) is 21.3 Å². The monoisotopic (exact) mass is 302 g/mol. The molecule has 0 bridgehead atoms. The molecule has 0 spiro atoms. The Morgan fingerprint density at radius 3 is 3.00 bits per heavy atom. The third kappa shape index (κ3) is 2.70. The number of halogens is 2. The second-order valence-electron chi connectivity index (χ2n) is 3.07. The average Bonchev–Trinajstić information content (AvgIpc) is 2.63. The quantitative estimate of drug-likeness (QED) is 0.944. The van der Waals surface area contributed by atoms with Gasteiger partial charge in [0.15, 0.2) is 5.82 Å². The topological polar surface area (TPSA) is 63.8 Å². The van der Waals surface area contributed by atoms with Gasteiger partial charge in [-0.05, 0) is 22.0 Å². The van der Waals surface area contributed by atoms with Gasteiger partial charge in [0.2, 0.25) is 5.89 Å². The Kier molecular flexibility index (Phi) is 3.40. The first kappa shape index (κ1) is 11.3. The van der Waals surface area contributed by atoms with E-state index in [1.165, 1.54) is 0 Å². The summed E-state index contributed by atoms with van der Waals surface area (Å²) in [5.74, 6) is 1.69. The van der Waals surface area contributed by atoms with E-state index in [2.05, 4.69) is 36.4 Å². The average molecular weight is 304 g/mol. The van der Waals surface area contributed by atoms with Gasteiger partial charge < -0.3 is 9.84 Å². The minimum absolute atomic E-state index is 0.422. The van der Waals surface area contributed by atoms with Crippen LogP contribution < -0.4 is 5.32 Å². The number of rotatable bonds is 3. The van der Waals surface area contributed by atoms with Crippen LogP contribution in [0.1, 0.15) is 11.7 Å². The maximum absolute atomic E-state index is 5.98. The third-order valence-corrected chi connectivity index (χ3v) is 2.51. The molecule has 0 saturated heterocycles. The fraction of sp³-hybridized carbons (Fsp3) is 0.222. The molecule has 0 aliphatic carbocycles. The SMILES string of the molecule is Cc1nc(CNc2ncc(Br)cc2Cl)no1. The molecule has 16 heavy (non-hydrogen) atoms. The Morgan fingerprint density at radius 2 is 2.38 bits per heavy atom. The van der Waals surface area contributed by atoms with Crippen LogP contribution in [0.5, 0.6) is 0 Å². The van der Waals surface area contributed by atoms with Gasteiger partial charge in [-0.3, -0.25) is 0 Å². The molecule has 0 aliphatic rings. The lowest BCUT2D eigenvalue weighted by atomic mass is 10.4. The van der Waals surface area contributed by atoms with E-state index in [1.54, 1.807) is 19.2 Å². The van der Waals surface area contributed by atoms with Crippen LogP contribution in [-0.4, -0.2) is 15.1 Å². The van der Waals surface area contributed by atoms with Gasteiger partial charge in [0.05, 0.1) is 11.6 Å². The molecule has 0 atom stereocenters. The van der Waals surface area contributed by atoms with E-state index >= 15 is 0 Å². The second-order valence-corrected chi connectivity index (χ2v) is 4.39. The first-order chi connectivity index (χ1) is 7.65. The molecule has 1 N–H and O–H groups in total. The lowest BCUT2D eigenvalue weighted by Crippen LogP contribution is -2.03. The van der Waals surface area contributed by atoms with Crippen LogP contribution in [-0.2, 0) is 6.54 Å². The summed E-state index contributed by atoms with van der Waals surface area (Å²) in [4.78, 5) is 8.18. The van der Waals surface area contributed by atoms with Crippen LogP contribution in [0.25, 0.3) is 0 Å². The first-order valence-electron chi connectivity index (χ1n) is 4.49. The summed E-state index contributed by atoms with van der Waals surface area (Å²) < 4.78 is 5.67. The minimum Gasteiger partial charge on any atom is -0.361 e. The van der Waals surface area contributed by atoms with Gasteiger partial charge in [-0.25, -0.2) is 4.98 Å². The molecule has 0 saturated carbocycles. The van der Waals surface area contributed by atoms with Crippen molar-refractivity contribution in [2.75, 3.05) is 5.32 Å². The van der Waals surface area contributed by atoms with Crippen molar-refractivity contribution < 1.29 is 4.52 Å². The molecule has 0 aromatic carbocycles. The molecule has 0 unspecified atom stereocenters. The molecule has 2 rings (SSSR count). The molecular formula is C9H8BrClN4O. The van der Waals surface area contributed by atoms with Crippen LogP contribution >= 0.6 is 27.5 Å². The Morgan fingerprint density at radius 1 is 1.56 bits per heavy atom. The van der Waals surface area contributed by atoms with Crippen molar-refractivity contribution in [3.63, 3.8) is 0 Å². The molecule has 0 aliphatic heterocycles. The van der Waals surface area contributed by atoms with E-state index < -0.39 is 0 Å². The molecule has 7 heteroatoms. The second kappa shape index (κ2) is 4.80. The van der Waals surface area contributed by atoms with Crippen LogP contribution in [0, 0.1) is 6.92 Å². The number of nitrogens with one attached hydrogen (secondary N) is 1. The zero-order valence-electron chi connectivity index (χ0n) is 8.37. The predicted molar refractivity (Wildman–Crippen MR) is 63.3 cm³/mol. The van der Waals surface area contributed by atoms with Crippen molar-refractivity contribution >= 4 is 33.3 Å². The van der Waals surface area contributed by atoms with E-state index in [0.717, 1.165) is 4.47 Å². The van der Waals surface area contributed by atoms with E-state index in [1.807, 2.05) is 0 Å². The first-order valence-corrected chi connectivity index (χ1v) is 5.66. The number of aromatic nitrogens is 3. The fourth-order valence-corrected chi connectivity index (χ4v) is 1.82. The Bertz CT molecular complexity index is 502. The van der Waals surface area contributed by atoms with Gasteiger partial charge in [-0.2, -0.15) is 4.98 Å². The molecule has 2 aromatic rings. The van der Waals surface area contributed by atoms with Crippen LogP contribution in [0.2, 0.25) is 5.02 Å². The Labute approximate surface area is 105 Å². The molecule has 0 radical (unpaired) electrons. The number of aryl methyl sites for hydroxylation is 1. The number of nitrogens with zero attached hydrogens (tertiary/aromatic N) is 3. The van der Waals surface area contributed by atoms with Crippen LogP contribution in [0.4, 0.5) is 5.82 Å². The summed E-state index contributed by atoms with van der Waals surface area (Å²) in [6.45, 7) is 2.16. The Balaban J connectivity index is 2.04. The van der Waals surface area contributed by atoms with Crippen molar-refractivity contribution in [1.82, 2.24) is 15.1 Å². The predicted octanol–water partition coefficient (Wildman–Crippen LogP) is 2.80.